The molecule has 0 aromatic carbocycles. The molecule has 0 saturated heterocycles. The van der Waals surface area contributed by atoms with Crippen LogP contribution in [0.4, 0.5) is 0 Å². The second-order valence-corrected chi connectivity index (χ2v) is 5.85. The van der Waals surface area contributed by atoms with Gasteiger partial charge in [-0.25, -0.2) is 0 Å². The Kier molecular flexibility index (Phi) is 4.00. The Morgan fingerprint density at radius 3 is 2.81 bits per heavy atom. The van der Waals surface area contributed by atoms with Gasteiger partial charge in [0.05, 0.1) is 16.0 Å². The first-order valence-corrected chi connectivity index (χ1v) is 6.37. The van der Waals surface area contributed by atoms with Gasteiger partial charge in [-0.3, -0.25) is 11.3 Å². The molecule has 2 aromatic heterocycles. The van der Waals surface area contributed by atoms with E-state index in [-0.39, 0.29) is 6.04 Å². The van der Waals surface area contributed by atoms with Crippen LogP contribution in [0, 0.1) is 0 Å². The molecule has 84 valence electrons. The largest absolute Gasteiger partial charge is 0.271 e. The Hall–Kier alpha value is -0.820. The third-order valence-electron chi connectivity index (χ3n) is 2.24. The predicted octanol–water partition coefficient (Wildman–Crippen LogP) is 2.05. The third kappa shape index (κ3) is 2.85. The lowest BCUT2D eigenvalue weighted by Gasteiger charge is -2.14. The zero-order valence-electron chi connectivity index (χ0n) is 8.43. The van der Waals surface area contributed by atoms with E-state index in [1.54, 1.807) is 23.7 Å². The molecule has 0 amide bonds. The van der Waals surface area contributed by atoms with Gasteiger partial charge in [0, 0.05) is 17.5 Å². The highest BCUT2D eigenvalue weighted by atomic mass is 79.9. The summed E-state index contributed by atoms with van der Waals surface area (Å²) in [6.45, 7) is 0. The van der Waals surface area contributed by atoms with Crippen LogP contribution in [-0.4, -0.2) is 10.2 Å². The molecule has 0 spiro atoms. The molecule has 0 radical (unpaired) electrons. The number of halogens is 1. The number of aromatic nitrogens is 2. The zero-order chi connectivity index (χ0) is 11.4. The standard InChI is InChI=1S/C10H11BrN4S/c11-10-2-1-8(16-10)5-9(15-12)7-3-4-13-14-6-7/h1-4,6,9,15H,5,12H2. The monoisotopic (exact) mass is 298 g/mol. The average molecular weight is 299 g/mol. The number of nitrogens with zero attached hydrogens (tertiary/aromatic N) is 2. The zero-order valence-corrected chi connectivity index (χ0v) is 10.8. The molecular formula is C10H11BrN4S. The first kappa shape index (κ1) is 11.7. The number of rotatable bonds is 4. The van der Waals surface area contributed by atoms with Crippen molar-refractivity contribution < 1.29 is 0 Å². The first-order chi connectivity index (χ1) is 7.79. The predicted molar refractivity (Wildman–Crippen MR) is 67.8 cm³/mol. The van der Waals surface area contributed by atoms with Crippen molar-refractivity contribution in [3.8, 4) is 0 Å². The van der Waals surface area contributed by atoms with E-state index < -0.39 is 0 Å². The summed E-state index contributed by atoms with van der Waals surface area (Å²) in [5, 5.41) is 7.60. The van der Waals surface area contributed by atoms with Crippen LogP contribution >= 0.6 is 27.3 Å². The smallest absolute Gasteiger partial charge is 0.0701 e. The van der Waals surface area contributed by atoms with E-state index in [9.17, 15) is 0 Å². The number of nitrogens with one attached hydrogen (secondary N) is 1. The maximum Gasteiger partial charge on any atom is 0.0701 e. The Labute approximate surface area is 106 Å². The summed E-state index contributed by atoms with van der Waals surface area (Å²) in [5.74, 6) is 5.55. The van der Waals surface area contributed by atoms with Crippen LogP contribution in [0.3, 0.4) is 0 Å². The van der Waals surface area contributed by atoms with E-state index in [1.807, 2.05) is 12.1 Å². The normalized spacial score (nSPS) is 12.6. The molecule has 2 heterocycles. The van der Waals surface area contributed by atoms with Crippen LogP contribution < -0.4 is 11.3 Å². The van der Waals surface area contributed by atoms with Gasteiger partial charge >= 0.3 is 0 Å². The molecule has 3 N–H and O–H groups in total. The maximum atomic E-state index is 5.55. The first-order valence-electron chi connectivity index (χ1n) is 4.76. The van der Waals surface area contributed by atoms with Crippen LogP contribution in [0.1, 0.15) is 16.5 Å². The van der Waals surface area contributed by atoms with Crippen molar-refractivity contribution >= 4 is 27.3 Å². The lowest BCUT2D eigenvalue weighted by atomic mass is 10.1. The molecular weight excluding hydrogens is 288 g/mol. The lowest BCUT2D eigenvalue weighted by Crippen LogP contribution is -2.29. The Balaban J connectivity index is 2.12. The summed E-state index contributed by atoms with van der Waals surface area (Å²) in [6, 6.07) is 6.12. The van der Waals surface area contributed by atoms with Gasteiger partial charge in [-0.2, -0.15) is 10.2 Å². The topological polar surface area (TPSA) is 63.8 Å². The number of hydrogen-bond acceptors (Lipinski definition) is 5. The van der Waals surface area contributed by atoms with E-state index >= 15 is 0 Å². The molecule has 4 nitrogen and oxygen atoms in total. The summed E-state index contributed by atoms with van der Waals surface area (Å²) in [5.41, 5.74) is 3.84. The van der Waals surface area contributed by atoms with Crippen LogP contribution in [0.25, 0.3) is 0 Å². The van der Waals surface area contributed by atoms with Crippen LogP contribution in [0.2, 0.25) is 0 Å². The van der Waals surface area contributed by atoms with E-state index in [1.165, 1.54) is 4.88 Å². The summed E-state index contributed by atoms with van der Waals surface area (Å²) < 4.78 is 1.13. The molecule has 1 atom stereocenters. The fourth-order valence-corrected chi connectivity index (χ4v) is 2.97. The molecule has 0 aliphatic carbocycles. The molecule has 6 heteroatoms. The fraction of sp³-hybridized carbons (Fsp3) is 0.200. The Bertz CT molecular complexity index is 445. The van der Waals surface area contributed by atoms with Gasteiger partial charge in [0.2, 0.25) is 0 Å². The van der Waals surface area contributed by atoms with Crippen molar-refractivity contribution in [2.24, 2.45) is 5.84 Å². The van der Waals surface area contributed by atoms with Crippen molar-refractivity contribution in [3.05, 3.63) is 44.8 Å². The molecule has 0 saturated carbocycles. The SMILES string of the molecule is NNC(Cc1ccc(Br)s1)c1ccnnc1. The summed E-state index contributed by atoms with van der Waals surface area (Å²) in [7, 11) is 0. The highest BCUT2D eigenvalue weighted by Gasteiger charge is 2.11. The van der Waals surface area contributed by atoms with Gasteiger partial charge < -0.3 is 0 Å². The molecule has 0 fully saturated rings. The molecule has 0 aliphatic rings. The highest BCUT2D eigenvalue weighted by Crippen LogP contribution is 2.26. The van der Waals surface area contributed by atoms with Gasteiger partial charge in [-0.15, -0.1) is 11.3 Å². The van der Waals surface area contributed by atoms with Gasteiger partial charge in [0.25, 0.3) is 0 Å². The third-order valence-corrected chi connectivity index (χ3v) is 3.89. The van der Waals surface area contributed by atoms with Crippen molar-refractivity contribution in [1.29, 1.82) is 0 Å². The van der Waals surface area contributed by atoms with Gasteiger partial charge in [-0.05, 0) is 39.7 Å². The van der Waals surface area contributed by atoms with Crippen LogP contribution in [-0.2, 0) is 6.42 Å². The second kappa shape index (κ2) is 5.49. The lowest BCUT2D eigenvalue weighted by molar-refractivity contribution is 0.552. The maximum absolute atomic E-state index is 5.55. The van der Waals surface area contributed by atoms with Gasteiger partial charge in [0.1, 0.15) is 0 Å². The highest BCUT2D eigenvalue weighted by molar-refractivity contribution is 9.11. The molecule has 16 heavy (non-hydrogen) atoms. The number of thiophene rings is 1. The van der Waals surface area contributed by atoms with Crippen molar-refractivity contribution in [1.82, 2.24) is 15.6 Å². The quantitative estimate of drug-likeness (QED) is 0.670. The van der Waals surface area contributed by atoms with Crippen molar-refractivity contribution in [2.45, 2.75) is 12.5 Å². The molecule has 2 rings (SSSR count). The van der Waals surface area contributed by atoms with Crippen LogP contribution in [0.5, 0.6) is 0 Å². The molecule has 0 bridgehead atoms. The summed E-state index contributed by atoms with van der Waals surface area (Å²) in [6.07, 6.45) is 4.25. The summed E-state index contributed by atoms with van der Waals surface area (Å²) in [4.78, 5) is 1.27. The van der Waals surface area contributed by atoms with Crippen molar-refractivity contribution in [2.75, 3.05) is 0 Å². The van der Waals surface area contributed by atoms with Crippen molar-refractivity contribution in [3.63, 3.8) is 0 Å². The molecule has 0 aliphatic heterocycles. The van der Waals surface area contributed by atoms with Gasteiger partial charge in [-0.1, -0.05) is 0 Å². The fourth-order valence-electron chi connectivity index (χ4n) is 1.44. The molecule has 2 aromatic rings. The number of hydrazine groups is 1. The Morgan fingerprint density at radius 2 is 2.25 bits per heavy atom. The number of nitrogens with two attached hydrogens (primary N) is 1. The minimum absolute atomic E-state index is 0.0704. The van der Waals surface area contributed by atoms with E-state index in [0.717, 1.165) is 15.8 Å². The number of hydrogen-bond donors (Lipinski definition) is 2. The molecule has 1 unspecified atom stereocenters. The van der Waals surface area contributed by atoms with E-state index in [0.29, 0.717) is 0 Å². The second-order valence-electron chi connectivity index (χ2n) is 3.30. The average Bonchev–Trinajstić information content (AvgIpc) is 2.73. The summed E-state index contributed by atoms with van der Waals surface area (Å²) >= 11 is 5.16. The van der Waals surface area contributed by atoms with E-state index in [2.05, 4.69) is 37.6 Å². The minimum Gasteiger partial charge on any atom is -0.271 e. The van der Waals surface area contributed by atoms with Gasteiger partial charge in [0.15, 0.2) is 0 Å². The Morgan fingerprint density at radius 1 is 1.38 bits per heavy atom. The van der Waals surface area contributed by atoms with E-state index in [4.69, 9.17) is 5.84 Å². The van der Waals surface area contributed by atoms with Crippen LogP contribution in [0.15, 0.2) is 34.4 Å². The minimum atomic E-state index is 0.0704.